The van der Waals surface area contributed by atoms with E-state index in [0.717, 1.165) is 0 Å². The Hall–Kier alpha value is -1.48. The molecule has 7 nitrogen and oxygen atoms in total. The molecule has 1 aromatic carbocycles. The SMILES string of the molecule is O=C1c2ccccc2C(=O)N1OCC1(CS(=O)(=O)Cl)CCOCC1. The first-order valence-electron chi connectivity index (χ1n) is 7.42. The van der Waals surface area contributed by atoms with E-state index < -0.39 is 26.3 Å². The van der Waals surface area contributed by atoms with E-state index in [0.29, 0.717) is 31.1 Å². The van der Waals surface area contributed by atoms with Gasteiger partial charge in [-0.05, 0) is 25.0 Å². The second kappa shape index (κ2) is 6.44. The summed E-state index contributed by atoms with van der Waals surface area (Å²) in [6.07, 6.45) is 0.838. The average molecular weight is 374 g/mol. The van der Waals surface area contributed by atoms with Crippen LogP contribution >= 0.6 is 10.7 Å². The summed E-state index contributed by atoms with van der Waals surface area (Å²) < 4.78 is 28.3. The Kier molecular flexibility index (Phi) is 4.65. The van der Waals surface area contributed by atoms with E-state index in [1.165, 1.54) is 0 Å². The standard InChI is InChI=1S/C15H16ClNO6S/c16-24(20,21)10-15(5-7-22-8-6-15)9-23-17-13(18)11-3-1-2-4-12(11)14(17)19/h1-4H,5-10H2. The lowest BCUT2D eigenvalue weighted by Gasteiger charge is -2.36. The van der Waals surface area contributed by atoms with Gasteiger partial charge in [-0.3, -0.25) is 14.4 Å². The zero-order valence-electron chi connectivity index (χ0n) is 12.7. The summed E-state index contributed by atoms with van der Waals surface area (Å²) in [5.74, 6) is -1.40. The molecule has 24 heavy (non-hydrogen) atoms. The van der Waals surface area contributed by atoms with E-state index in [9.17, 15) is 18.0 Å². The molecule has 0 aliphatic carbocycles. The van der Waals surface area contributed by atoms with E-state index in [2.05, 4.69) is 0 Å². The number of imide groups is 1. The second-order valence-corrected chi connectivity index (χ2v) is 8.80. The van der Waals surface area contributed by atoms with Gasteiger partial charge in [0.25, 0.3) is 11.8 Å². The lowest BCUT2D eigenvalue weighted by molar-refractivity contribution is -0.132. The molecule has 0 spiro atoms. The summed E-state index contributed by atoms with van der Waals surface area (Å²) >= 11 is 0. The Bertz CT molecular complexity index is 737. The van der Waals surface area contributed by atoms with Crippen LogP contribution in [0.15, 0.2) is 24.3 Å². The van der Waals surface area contributed by atoms with Crippen molar-refractivity contribution in [2.24, 2.45) is 5.41 Å². The van der Waals surface area contributed by atoms with Crippen LogP contribution in [0.4, 0.5) is 0 Å². The Morgan fingerprint density at radius 1 is 1.12 bits per heavy atom. The van der Waals surface area contributed by atoms with Crippen molar-refractivity contribution in [3.8, 4) is 0 Å². The van der Waals surface area contributed by atoms with Crippen molar-refractivity contribution in [1.29, 1.82) is 0 Å². The number of hydrogen-bond donors (Lipinski definition) is 0. The predicted octanol–water partition coefficient (Wildman–Crippen LogP) is 1.58. The molecule has 0 bridgehead atoms. The van der Waals surface area contributed by atoms with Crippen molar-refractivity contribution < 1.29 is 27.6 Å². The zero-order chi connectivity index (χ0) is 17.4. The number of amides is 2. The molecular weight excluding hydrogens is 358 g/mol. The van der Waals surface area contributed by atoms with Crippen LogP contribution in [0, 0.1) is 5.41 Å². The summed E-state index contributed by atoms with van der Waals surface area (Å²) in [4.78, 5) is 30.0. The van der Waals surface area contributed by atoms with Gasteiger partial charge in [-0.1, -0.05) is 12.1 Å². The van der Waals surface area contributed by atoms with Crippen molar-refractivity contribution in [2.75, 3.05) is 25.6 Å². The van der Waals surface area contributed by atoms with E-state index in [4.69, 9.17) is 20.3 Å². The van der Waals surface area contributed by atoms with Gasteiger partial charge in [-0.2, -0.15) is 0 Å². The summed E-state index contributed by atoms with van der Waals surface area (Å²) in [5.41, 5.74) is -0.240. The van der Waals surface area contributed by atoms with Crippen LogP contribution in [0.3, 0.4) is 0 Å². The van der Waals surface area contributed by atoms with Gasteiger partial charge in [0.15, 0.2) is 0 Å². The zero-order valence-corrected chi connectivity index (χ0v) is 14.3. The van der Waals surface area contributed by atoms with Crippen LogP contribution in [0.1, 0.15) is 33.6 Å². The third-order valence-electron chi connectivity index (χ3n) is 4.29. The van der Waals surface area contributed by atoms with Crippen LogP contribution in [0.5, 0.6) is 0 Å². The second-order valence-electron chi connectivity index (χ2n) is 6.02. The number of halogens is 1. The maximum atomic E-state index is 12.3. The highest BCUT2D eigenvalue weighted by atomic mass is 35.7. The molecule has 0 atom stereocenters. The molecule has 0 N–H and O–H groups in total. The van der Waals surface area contributed by atoms with Gasteiger partial charge in [-0.15, -0.1) is 5.06 Å². The van der Waals surface area contributed by atoms with Gasteiger partial charge < -0.3 is 4.74 Å². The fraction of sp³-hybridized carbons (Fsp3) is 0.467. The fourth-order valence-corrected chi connectivity index (χ4v) is 4.78. The molecule has 2 aliphatic rings. The quantitative estimate of drug-likeness (QED) is 0.575. The summed E-state index contributed by atoms with van der Waals surface area (Å²) in [6.45, 7) is 0.642. The summed E-state index contributed by atoms with van der Waals surface area (Å²) in [6, 6.07) is 6.42. The highest BCUT2D eigenvalue weighted by Gasteiger charge is 2.41. The Labute approximate surface area is 143 Å². The summed E-state index contributed by atoms with van der Waals surface area (Å²) in [7, 11) is 1.65. The molecule has 3 rings (SSSR count). The highest BCUT2D eigenvalue weighted by molar-refractivity contribution is 8.13. The van der Waals surface area contributed by atoms with Crippen molar-refractivity contribution >= 4 is 31.5 Å². The van der Waals surface area contributed by atoms with Gasteiger partial charge in [0.1, 0.15) is 0 Å². The van der Waals surface area contributed by atoms with Crippen LogP contribution in [0.25, 0.3) is 0 Å². The number of carbonyl (C=O) groups excluding carboxylic acids is 2. The molecule has 130 valence electrons. The fourth-order valence-electron chi connectivity index (χ4n) is 2.99. The van der Waals surface area contributed by atoms with Crippen LogP contribution in [-0.4, -0.2) is 50.9 Å². The number of benzene rings is 1. The van der Waals surface area contributed by atoms with Gasteiger partial charge in [-0.25, -0.2) is 8.42 Å². The van der Waals surface area contributed by atoms with E-state index in [1.54, 1.807) is 24.3 Å². The smallest absolute Gasteiger partial charge is 0.285 e. The Balaban J connectivity index is 1.76. The van der Waals surface area contributed by atoms with Crippen LogP contribution < -0.4 is 0 Å². The van der Waals surface area contributed by atoms with Gasteiger partial charge in [0.2, 0.25) is 9.05 Å². The first-order chi connectivity index (χ1) is 11.3. The largest absolute Gasteiger partial charge is 0.381 e. The number of rotatable bonds is 5. The number of nitrogens with zero attached hydrogens (tertiary/aromatic N) is 1. The van der Waals surface area contributed by atoms with Gasteiger partial charge in [0, 0.05) is 29.3 Å². The highest BCUT2D eigenvalue weighted by Crippen LogP contribution is 2.34. The number of ether oxygens (including phenoxy) is 1. The van der Waals surface area contributed by atoms with E-state index in [-0.39, 0.29) is 23.5 Å². The molecule has 1 saturated heterocycles. The van der Waals surface area contributed by atoms with E-state index >= 15 is 0 Å². The number of carbonyl (C=O) groups is 2. The predicted molar refractivity (Wildman–Crippen MR) is 85.0 cm³/mol. The minimum absolute atomic E-state index is 0.103. The van der Waals surface area contributed by atoms with Crippen molar-refractivity contribution in [2.45, 2.75) is 12.8 Å². The molecule has 2 aliphatic heterocycles. The molecule has 1 aromatic rings. The molecule has 0 radical (unpaired) electrons. The third kappa shape index (κ3) is 3.46. The van der Waals surface area contributed by atoms with Crippen LogP contribution in [-0.2, 0) is 18.6 Å². The minimum Gasteiger partial charge on any atom is -0.381 e. The topological polar surface area (TPSA) is 90.0 Å². The lowest BCUT2D eigenvalue weighted by Crippen LogP contribution is -2.42. The molecule has 2 heterocycles. The maximum Gasteiger partial charge on any atom is 0.285 e. The number of hydrogen-bond acceptors (Lipinski definition) is 6. The monoisotopic (exact) mass is 373 g/mol. The van der Waals surface area contributed by atoms with E-state index in [1.807, 2.05) is 0 Å². The molecule has 1 fully saturated rings. The van der Waals surface area contributed by atoms with Gasteiger partial charge >= 0.3 is 0 Å². The van der Waals surface area contributed by atoms with Crippen molar-refractivity contribution in [3.05, 3.63) is 35.4 Å². The molecule has 0 aromatic heterocycles. The molecule has 0 saturated carbocycles. The first kappa shape index (κ1) is 17.3. The molecule has 9 heteroatoms. The number of hydroxylamine groups is 2. The Morgan fingerprint density at radius 2 is 1.67 bits per heavy atom. The third-order valence-corrected chi connectivity index (χ3v) is 5.57. The number of fused-ring (bicyclic) bond motifs is 1. The normalized spacial score (nSPS) is 20.3. The first-order valence-corrected chi connectivity index (χ1v) is 9.90. The average Bonchev–Trinajstić information content (AvgIpc) is 2.77. The Morgan fingerprint density at radius 3 is 2.17 bits per heavy atom. The van der Waals surface area contributed by atoms with Crippen molar-refractivity contribution in [1.82, 2.24) is 5.06 Å². The maximum absolute atomic E-state index is 12.3. The minimum atomic E-state index is -3.76. The molecular formula is C15H16ClNO6S. The van der Waals surface area contributed by atoms with Gasteiger partial charge in [0.05, 0.1) is 23.5 Å². The van der Waals surface area contributed by atoms with Crippen molar-refractivity contribution in [3.63, 3.8) is 0 Å². The lowest BCUT2D eigenvalue weighted by atomic mass is 9.83. The van der Waals surface area contributed by atoms with Crippen LogP contribution in [0.2, 0.25) is 0 Å². The summed E-state index contributed by atoms with van der Waals surface area (Å²) in [5, 5.41) is 0.697. The molecule has 0 unspecified atom stereocenters. The molecule has 2 amide bonds.